The maximum Gasteiger partial charge on any atom is 0.311 e. The Hall–Kier alpha value is -1.82. The molecule has 0 radical (unpaired) electrons. The molecular weight excluding hydrogens is 272 g/mol. The van der Waals surface area contributed by atoms with Gasteiger partial charge in [0.05, 0.1) is 12.0 Å². The number of halogens is 1. The number of nitro groups is 1. The van der Waals surface area contributed by atoms with E-state index in [2.05, 4.69) is 0 Å². The first kappa shape index (κ1) is 15.2. The van der Waals surface area contributed by atoms with Crippen molar-refractivity contribution in [3.8, 4) is 5.75 Å². The summed E-state index contributed by atoms with van der Waals surface area (Å²) in [5.74, 6) is 0.161. The summed E-state index contributed by atoms with van der Waals surface area (Å²) >= 11 is 5.61. The number of hydrogen-bond acceptors (Lipinski definition) is 4. The molecule has 0 aromatic heterocycles. The Labute approximate surface area is 116 Å². The van der Waals surface area contributed by atoms with Gasteiger partial charge in [-0.05, 0) is 19.1 Å². The zero-order chi connectivity index (χ0) is 14.4. The number of nitrogens with zero attached hydrogens (tertiary/aromatic N) is 2. The molecule has 0 atom stereocenters. The number of ether oxygens (including phenoxy) is 1. The number of alkyl halides is 1. The molecule has 1 rings (SSSR count). The van der Waals surface area contributed by atoms with Gasteiger partial charge in [-0.3, -0.25) is 14.9 Å². The van der Waals surface area contributed by atoms with Crippen LogP contribution in [0.3, 0.4) is 0 Å². The normalized spacial score (nSPS) is 10.1. The molecule has 0 heterocycles. The van der Waals surface area contributed by atoms with E-state index < -0.39 is 4.92 Å². The van der Waals surface area contributed by atoms with E-state index >= 15 is 0 Å². The van der Waals surface area contributed by atoms with Crippen molar-refractivity contribution in [3.63, 3.8) is 0 Å². The minimum Gasteiger partial charge on any atom is -0.490 e. The molecule has 0 N–H and O–H groups in total. The summed E-state index contributed by atoms with van der Waals surface area (Å²) in [5, 5.41) is 10.9. The van der Waals surface area contributed by atoms with Gasteiger partial charge in [0.15, 0.2) is 5.75 Å². The van der Waals surface area contributed by atoms with Crippen LogP contribution in [0.4, 0.5) is 5.69 Å². The van der Waals surface area contributed by atoms with Crippen molar-refractivity contribution in [2.45, 2.75) is 6.92 Å². The van der Waals surface area contributed by atoms with E-state index in [1.165, 1.54) is 30.2 Å². The van der Waals surface area contributed by atoms with Crippen molar-refractivity contribution in [1.29, 1.82) is 0 Å². The number of nitro benzene ring substituents is 1. The lowest BCUT2D eigenvalue weighted by atomic mass is 10.1. The lowest BCUT2D eigenvalue weighted by Gasteiger charge is -2.19. The van der Waals surface area contributed by atoms with E-state index in [0.29, 0.717) is 19.0 Å². The summed E-state index contributed by atoms with van der Waals surface area (Å²) < 4.78 is 4.89. The molecule has 0 saturated heterocycles. The van der Waals surface area contributed by atoms with Gasteiger partial charge in [-0.2, -0.15) is 0 Å². The number of rotatable bonds is 6. The minimum absolute atomic E-state index is 0.127. The third-order valence-corrected chi connectivity index (χ3v) is 2.81. The molecule has 0 aliphatic carbocycles. The van der Waals surface area contributed by atoms with Gasteiger partial charge in [0.25, 0.3) is 5.91 Å². The van der Waals surface area contributed by atoms with Gasteiger partial charge in [0, 0.05) is 30.6 Å². The molecule has 6 nitrogen and oxygen atoms in total. The molecule has 0 bridgehead atoms. The predicted molar refractivity (Wildman–Crippen MR) is 71.9 cm³/mol. The molecule has 0 saturated carbocycles. The molecule has 19 heavy (non-hydrogen) atoms. The monoisotopic (exact) mass is 286 g/mol. The molecule has 0 unspecified atom stereocenters. The van der Waals surface area contributed by atoms with Crippen LogP contribution < -0.4 is 4.74 Å². The van der Waals surface area contributed by atoms with Crippen molar-refractivity contribution in [2.24, 2.45) is 0 Å². The van der Waals surface area contributed by atoms with Gasteiger partial charge in [-0.1, -0.05) is 0 Å². The van der Waals surface area contributed by atoms with Gasteiger partial charge >= 0.3 is 5.69 Å². The molecule has 104 valence electrons. The molecular formula is C12H15ClN2O4. The average molecular weight is 287 g/mol. The second-order valence-electron chi connectivity index (χ2n) is 3.72. The number of benzene rings is 1. The predicted octanol–water partition coefficient (Wildman–Crippen LogP) is 2.30. The molecule has 7 heteroatoms. The third kappa shape index (κ3) is 3.57. The molecule has 0 fully saturated rings. The Kier molecular flexibility index (Phi) is 5.57. The number of methoxy groups -OCH3 is 1. The van der Waals surface area contributed by atoms with Crippen LogP contribution >= 0.6 is 11.6 Å². The lowest BCUT2D eigenvalue weighted by Crippen LogP contribution is -2.32. The van der Waals surface area contributed by atoms with Crippen LogP contribution in [-0.4, -0.2) is 41.8 Å². The summed E-state index contributed by atoms with van der Waals surface area (Å²) in [7, 11) is 1.34. The van der Waals surface area contributed by atoms with Crippen LogP contribution in [0.1, 0.15) is 17.3 Å². The first-order valence-electron chi connectivity index (χ1n) is 5.72. The van der Waals surface area contributed by atoms with E-state index in [9.17, 15) is 14.9 Å². The quantitative estimate of drug-likeness (QED) is 0.457. The van der Waals surface area contributed by atoms with Crippen molar-refractivity contribution >= 4 is 23.2 Å². The summed E-state index contributed by atoms with van der Waals surface area (Å²) in [6, 6.07) is 4.14. The van der Waals surface area contributed by atoms with E-state index in [4.69, 9.17) is 16.3 Å². The van der Waals surface area contributed by atoms with Crippen LogP contribution in [0.2, 0.25) is 0 Å². The first-order chi connectivity index (χ1) is 9.04. The molecule has 0 aliphatic rings. The Bertz CT molecular complexity index is 479. The number of carbonyl (C=O) groups is 1. The van der Waals surface area contributed by atoms with Crippen molar-refractivity contribution in [1.82, 2.24) is 4.90 Å². The van der Waals surface area contributed by atoms with Gasteiger partial charge in [-0.25, -0.2) is 0 Å². The van der Waals surface area contributed by atoms with Crippen molar-refractivity contribution < 1.29 is 14.5 Å². The molecule has 0 aliphatic heterocycles. The van der Waals surface area contributed by atoms with Crippen LogP contribution in [0.15, 0.2) is 18.2 Å². The van der Waals surface area contributed by atoms with E-state index in [1.54, 1.807) is 0 Å². The smallest absolute Gasteiger partial charge is 0.311 e. The van der Waals surface area contributed by atoms with Crippen LogP contribution in [0.25, 0.3) is 0 Å². The van der Waals surface area contributed by atoms with Crippen LogP contribution in [-0.2, 0) is 0 Å². The number of hydrogen-bond donors (Lipinski definition) is 0. The number of carbonyl (C=O) groups excluding carboxylic acids is 1. The van der Waals surface area contributed by atoms with Crippen LogP contribution in [0.5, 0.6) is 5.75 Å². The fourth-order valence-corrected chi connectivity index (χ4v) is 1.86. The molecule has 1 aromatic rings. The highest BCUT2D eigenvalue weighted by Gasteiger charge is 2.20. The molecule has 0 spiro atoms. The maximum atomic E-state index is 12.1. The van der Waals surface area contributed by atoms with Gasteiger partial charge in [-0.15, -0.1) is 11.6 Å². The third-order valence-electron chi connectivity index (χ3n) is 2.65. The summed E-state index contributed by atoms with van der Waals surface area (Å²) in [6.07, 6.45) is 0. The van der Waals surface area contributed by atoms with Crippen molar-refractivity contribution in [2.75, 3.05) is 26.1 Å². The largest absolute Gasteiger partial charge is 0.490 e. The van der Waals surface area contributed by atoms with Gasteiger partial charge in [0.2, 0.25) is 0 Å². The van der Waals surface area contributed by atoms with Crippen LogP contribution in [0, 0.1) is 10.1 Å². The van der Waals surface area contributed by atoms with Gasteiger partial charge in [0.1, 0.15) is 0 Å². The van der Waals surface area contributed by atoms with Crippen molar-refractivity contribution in [3.05, 3.63) is 33.9 Å². The van der Waals surface area contributed by atoms with E-state index in [0.717, 1.165) is 0 Å². The Balaban J connectivity index is 3.10. The highest BCUT2D eigenvalue weighted by atomic mass is 35.5. The fraction of sp³-hybridized carbons (Fsp3) is 0.417. The first-order valence-corrected chi connectivity index (χ1v) is 6.26. The second-order valence-corrected chi connectivity index (χ2v) is 4.10. The Morgan fingerprint density at radius 2 is 2.21 bits per heavy atom. The molecule has 1 amide bonds. The lowest BCUT2D eigenvalue weighted by molar-refractivity contribution is -0.385. The Morgan fingerprint density at radius 1 is 1.53 bits per heavy atom. The summed E-state index contributed by atoms with van der Waals surface area (Å²) in [4.78, 5) is 24.0. The Morgan fingerprint density at radius 3 is 2.68 bits per heavy atom. The highest BCUT2D eigenvalue weighted by molar-refractivity contribution is 6.18. The second kappa shape index (κ2) is 6.94. The standard InChI is InChI=1S/C12H15ClN2O4/c1-3-14(7-6-13)12(16)9-4-5-11(19-2)10(8-9)15(17)18/h4-5,8H,3,6-7H2,1-2H3. The number of amides is 1. The summed E-state index contributed by atoms with van der Waals surface area (Å²) in [5.41, 5.74) is 0.0229. The zero-order valence-electron chi connectivity index (χ0n) is 10.8. The molecule has 1 aromatic carbocycles. The fourth-order valence-electron chi connectivity index (χ4n) is 1.65. The maximum absolute atomic E-state index is 12.1. The SMILES string of the molecule is CCN(CCCl)C(=O)c1ccc(OC)c([N+](=O)[O-])c1. The average Bonchev–Trinajstić information content (AvgIpc) is 2.43. The van der Waals surface area contributed by atoms with E-state index in [1.807, 2.05) is 6.92 Å². The zero-order valence-corrected chi connectivity index (χ0v) is 11.5. The topological polar surface area (TPSA) is 72.7 Å². The summed E-state index contributed by atoms with van der Waals surface area (Å²) in [6.45, 7) is 2.71. The van der Waals surface area contributed by atoms with E-state index in [-0.39, 0.29) is 22.9 Å². The minimum atomic E-state index is -0.576. The highest BCUT2D eigenvalue weighted by Crippen LogP contribution is 2.27. The van der Waals surface area contributed by atoms with Gasteiger partial charge < -0.3 is 9.64 Å².